The van der Waals surface area contributed by atoms with Crippen LogP contribution >= 0.6 is 0 Å². The van der Waals surface area contributed by atoms with Crippen LogP contribution in [0, 0.1) is 29.2 Å². The molecular weight excluding hydrogens is 498 g/mol. The van der Waals surface area contributed by atoms with Gasteiger partial charge in [-0.05, 0) is 98.8 Å². The van der Waals surface area contributed by atoms with E-state index in [1.165, 1.54) is 26.2 Å². The molecule has 0 amide bonds. The van der Waals surface area contributed by atoms with Crippen molar-refractivity contribution in [3.05, 3.63) is 94.6 Å². The second kappa shape index (κ2) is 12.4. The number of ether oxygens (including phenoxy) is 2. The smallest absolute Gasteiger partial charge is 0.161 e. The van der Waals surface area contributed by atoms with Crippen LogP contribution in [-0.4, -0.2) is 44.0 Å². The van der Waals surface area contributed by atoms with Gasteiger partial charge >= 0.3 is 0 Å². The van der Waals surface area contributed by atoms with E-state index in [4.69, 9.17) is 9.47 Å². The Bertz CT molecular complexity index is 1220. The number of piperidine rings is 1. The molecule has 0 spiro atoms. The van der Waals surface area contributed by atoms with Gasteiger partial charge in [0.15, 0.2) is 40.6 Å². The number of rotatable bonds is 10. The molecule has 3 aromatic carbocycles. The molecule has 0 atom stereocenters. The highest BCUT2D eigenvalue weighted by atomic mass is 19.2. The minimum Gasteiger partial charge on any atom is -0.493 e. The first-order chi connectivity index (χ1) is 18.3. The lowest BCUT2D eigenvalue weighted by atomic mass is 9.76. The van der Waals surface area contributed by atoms with Gasteiger partial charge in [-0.3, -0.25) is 4.79 Å². The molecule has 0 bridgehead atoms. The van der Waals surface area contributed by atoms with E-state index in [0.717, 1.165) is 63.2 Å². The van der Waals surface area contributed by atoms with Crippen LogP contribution in [0.25, 0.3) is 0 Å². The minimum absolute atomic E-state index is 0.0467. The summed E-state index contributed by atoms with van der Waals surface area (Å²) in [7, 11) is 1.53. The van der Waals surface area contributed by atoms with Crippen LogP contribution < -0.4 is 9.47 Å². The zero-order valence-electron chi connectivity index (χ0n) is 21.5. The van der Waals surface area contributed by atoms with E-state index >= 15 is 0 Å². The standard InChI is InChI=1S/C30H31F4NO3/c1-19(36)21-6-9-28(29(18-21)37-2)38-15-3-12-35-13-10-20(11-14-35)30(22-4-7-24(31)26(33)16-22)23-5-8-25(32)27(34)17-23/h4-9,16-18,20,30H,3,10-15H2,1-2H3. The van der Waals surface area contributed by atoms with Crippen LogP contribution in [0.3, 0.4) is 0 Å². The van der Waals surface area contributed by atoms with E-state index in [2.05, 4.69) is 4.90 Å². The predicted octanol–water partition coefficient (Wildman–Crippen LogP) is 6.77. The fraction of sp³-hybridized carbons (Fsp3) is 0.367. The maximum absolute atomic E-state index is 14.1. The number of halogens is 4. The maximum atomic E-state index is 14.1. The maximum Gasteiger partial charge on any atom is 0.161 e. The fourth-order valence-corrected chi connectivity index (χ4v) is 5.13. The van der Waals surface area contributed by atoms with Gasteiger partial charge in [0, 0.05) is 18.0 Å². The summed E-state index contributed by atoms with van der Waals surface area (Å²) in [5.74, 6) is -3.08. The zero-order valence-corrected chi connectivity index (χ0v) is 21.5. The van der Waals surface area contributed by atoms with Crippen molar-refractivity contribution < 1.29 is 31.8 Å². The van der Waals surface area contributed by atoms with Crippen molar-refractivity contribution in [2.24, 2.45) is 5.92 Å². The highest BCUT2D eigenvalue weighted by Gasteiger charge is 2.30. The highest BCUT2D eigenvalue weighted by Crippen LogP contribution is 2.39. The van der Waals surface area contributed by atoms with Gasteiger partial charge in [-0.25, -0.2) is 17.6 Å². The van der Waals surface area contributed by atoms with Crippen molar-refractivity contribution >= 4 is 5.78 Å². The molecule has 1 aliphatic rings. The molecule has 0 aliphatic carbocycles. The largest absolute Gasteiger partial charge is 0.493 e. The number of carbonyl (C=O) groups excluding carboxylic acids is 1. The van der Waals surface area contributed by atoms with Gasteiger partial charge in [0.1, 0.15) is 0 Å². The second-order valence-corrected chi connectivity index (χ2v) is 9.63. The van der Waals surface area contributed by atoms with Crippen molar-refractivity contribution in [1.82, 2.24) is 4.90 Å². The van der Waals surface area contributed by atoms with Crippen molar-refractivity contribution in [3.63, 3.8) is 0 Å². The first kappa shape index (κ1) is 27.6. The van der Waals surface area contributed by atoms with E-state index in [-0.39, 0.29) is 17.6 Å². The van der Waals surface area contributed by atoms with Crippen LogP contribution in [0.2, 0.25) is 0 Å². The van der Waals surface area contributed by atoms with Crippen LogP contribution in [0.15, 0.2) is 54.6 Å². The molecule has 0 unspecified atom stereocenters. The summed E-state index contributed by atoms with van der Waals surface area (Å²) >= 11 is 0. The minimum atomic E-state index is -0.958. The zero-order chi connectivity index (χ0) is 27.2. The molecule has 4 nitrogen and oxygen atoms in total. The summed E-state index contributed by atoms with van der Waals surface area (Å²) in [4.78, 5) is 13.9. The topological polar surface area (TPSA) is 38.8 Å². The first-order valence-corrected chi connectivity index (χ1v) is 12.7. The lowest BCUT2D eigenvalue weighted by molar-refractivity contribution is 0.101. The van der Waals surface area contributed by atoms with Gasteiger partial charge in [0.25, 0.3) is 0 Å². The van der Waals surface area contributed by atoms with E-state index in [9.17, 15) is 22.4 Å². The SMILES string of the molecule is COc1cc(C(C)=O)ccc1OCCCN1CCC(C(c2ccc(F)c(F)c2)c2ccc(F)c(F)c2)CC1. The normalized spacial score (nSPS) is 14.6. The lowest BCUT2D eigenvalue weighted by Crippen LogP contribution is -2.37. The summed E-state index contributed by atoms with van der Waals surface area (Å²) in [6.07, 6.45) is 2.31. The molecule has 202 valence electrons. The van der Waals surface area contributed by atoms with E-state index in [1.807, 2.05) is 0 Å². The van der Waals surface area contributed by atoms with E-state index < -0.39 is 23.3 Å². The Kier molecular flexibility index (Phi) is 9.05. The Hall–Kier alpha value is -3.39. The molecule has 0 radical (unpaired) electrons. The third-order valence-electron chi connectivity index (χ3n) is 7.16. The summed E-state index contributed by atoms with van der Waals surface area (Å²) in [5, 5.41) is 0. The molecule has 0 aromatic heterocycles. The summed E-state index contributed by atoms with van der Waals surface area (Å²) in [5.41, 5.74) is 1.65. The number of hydrogen-bond donors (Lipinski definition) is 0. The number of likely N-dealkylation sites (tertiary alicyclic amines) is 1. The van der Waals surface area contributed by atoms with Crippen molar-refractivity contribution in [3.8, 4) is 11.5 Å². The summed E-state index contributed by atoms with van der Waals surface area (Å²) in [6.45, 7) is 4.34. The van der Waals surface area contributed by atoms with Crippen molar-refractivity contribution in [1.29, 1.82) is 0 Å². The Morgan fingerprint density at radius 3 is 2.00 bits per heavy atom. The van der Waals surface area contributed by atoms with Crippen LogP contribution in [0.5, 0.6) is 11.5 Å². The number of Topliss-reactive ketones (excluding diaryl/α,β-unsaturated/α-hetero) is 1. The highest BCUT2D eigenvalue weighted by molar-refractivity contribution is 5.94. The van der Waals surface area contributed by atoms with E-state index in [1.54, 1.807) is 18.2 Å². The quantitative estimate of drug-likeness (QED) is 0.165. The van der Waals surface area contributed by atoms with Gasteiger partial charge in [-0.1, -0.05) is 12.1 Å². The number of methoxy groups -OCH3 is 1. The van der Waals surface area contributed by atoms with E-state index in [0.29, 0.717) is 34.8 Å². The van der Waals surface area contributed by atoms with Crippen molar-refractivity contribution in [2.75, 3.05) is 33.4 Å². The monoisotopic (exact) mass is 529 g/mol. The van der Waals surface area contributed by atoms with Crippen LogP contribution in [0.1, 0.15) is 53.6 Å². The van der Waals surface area contributed by atoms with Crippen LogP contribution in [0.4, 0.5) is 17.6 Å². The first-order valence-electron chi connectivity index (χ1n) is 12.7. The molecular formula is C30H31F4NO3. The molecule has 8 heteroatoms. The molecule has 1 heterocycles. The van der Waals surface area contributed by atoms with Gasteiger partial charge in [-0.2, -0.15) is 0 Å². The van der Waals surface area contributed by atoms with Gasteiger partial charge in [-0.15, -0.1) is 0 Å². The molecule has 0 saturated carbocycles. The molecule has 1 aliphatic heterocycles. The van der Waals surface area contributed by atoms with Gasteiger partial charge < -0.3 is 14.4 Å². The fourth-order valence-electron chi connectivity index (χ4n) is 5.13. The summed E-state index contributed by atoms with van der Waals surface area (Å²) in [6, 6.07) is 12.6. The predicted molar refractivity (Wildman–Crippen MR) is 137 cm³/mol. The average molecular weight is 530 g/mol. The summed E-state index contributed by atoms with van der Waals surface area (Å²) < 4.78 is 66.6. The van der Waals surface area contributed by atoms with Gasteiger partial charge in [0.05, 0.1) is 13.7 Å². The number of carbonyl (C=O) groups is 1. The Morgan fingerprint density at radius 1 is 0.868 bits per heavy atom. The van der Waals surface area contributed by atoms with Crippen molar-refractivity contribution in [2.45, 2.75) is 32.1 Å². The molecule has 1 saturated heterocycles. The molecule has 1 fully saturated rings. The molecule has 0 N–H and O–H groups in total. The molecule has 3 aromatic rings. The molecule has 38 heavy (non-hydrogen) atoms. The Morgan fingerprint density at radius 2 is 1.47 bits per heavy atom. The Labute approximate surface area is 220 Å². The number of nitrogens with zero attached hydrogens (tertiary/aromatic N) is 1. The third-order valence-corrected chi connectivity index (χ3v) is 7.16. The average Bonchev–Trinajstić information content (AvgIpc) is 2.91. The number of ketones is 1. The van der Waals surface area contributed by atoms with Crippen LogP contribution in [-0.2, 0) is 0 Å². The number of benzene rings is 3. The Balaban J connectivity index is 1.36. The molecule has 4 rings (SSSR count). The lowest BCUT2D eigenvalue weighted by Gasteiger charge is -2.36. The third kappa shape index (κ3) is 6.54. The second-order valence-electron chi connectivity index (χ2n) is 9.63. The number of hydrogen-bond acceptors (Lipinski definition) is 4. The van der Waals surface area contributed by atoms with Gasteiger partial charge in [0.2, 0.25) is 0 Å².